The molecule has 0 aromatic heterocycles. The van der Waals surface area contributed by atoms with Gasteiger partial charge in [-0.05, 0) is 23.7 Å². The van der Waals surface area contributed by atoms with Crippen LogP contribution in [0.15, 0.2) is 18.2 Å². The molecule has 0 radical (unpaired) electrons. The number of nitrogens with two attached hydrogens (primary N) is 1. The van der Waals surface area contributed by atoms with Gasteiger partial charge in [0.1, 0.15) is 0 Å². The lowest BCUT2D eigenvalue weighted by Gasteiger charge is -2.33. The Bertz CT molecular complexity index is 411. The van der Waals surface area contributed by atoms with Crippen molar-refractivity contribution >= 4 is 17.3 Å². The molecule has 15 heavy (non-hydrogen) atoms. The smallest absolute Gasteiger partial charge is 0.434 e. The Kier molecular flexibility index (Phi) is 1.94. The number of anilines is 1. The van der Waals surface area contributed by atoms with E-state index in [9.17, 15) is 13.2 Å². The lowest BCUT2D eigenvalue weighted by atomic mass is 10.2. The van der Waals surface area contributed by atoms with Gasteiger partial charge in [-0.15, -0.1) is 0 Å². The Hall–Kier alpha value is -1.30. The summed E-state index contributed by atoms with van der Waals surface area (Å²) in [5, 5.41) is -3.73. The van der Waals surface area contributed by atoms with Crippen molar-refractivity contribution in [3.8, 4) is 11.5 Å². The van der Waals surface area contributed by atoms with E-state index in [0.29, 0.717) is 0 Å². The molecular formula is C8H5ClF3NO2. The molecule has 82 valence electrons. The Morgan fingerprint density at radius 2 is 1.80 bits per heavy atom. The van der Waals surface area contributed by atoms with E-state index in [0.717, 1.165) is 12.1 Å². The van der Waals surface area contributed by atoms with Crippen molar-refractivity contribution in [2.45, 2.75) is 11.4 Å². The van der Waals surface area contributed by atoms with E-state index in [2.05, 4.69) is 9.47 Å². The number of rotatable bonds is 0. The fourth-order valence-corrected chi connectivity index (χ4v) is 1.21. The second-order valence-corrected chi connectivity index (χ2v) is 3.43. The van der Waals surface area contributed by atoms with Crippen LogP contribution in [-0.2, 0) is 0 Å². The summed E-state index contributed by atoms with van der Waals surface area (Å²) in [6.07, 6.45) is -4.25. The zero-order valence-electron chi connectivity index (χ0n) is 7.14. The molecule has 0 unspecified atom stereocenters. The molecule has 0 amide bonds. The maximum Gasteiger partial charge on any atom is 0.488 e. The molecule has 3 nitrogen and oxygen atoms in total. The predicted molar refractivity (Wildman–Crippen MR) is 46.7 cm³/mol. The summed E-state index contributed by atoms with van der Waals surface area (Å²) in [5.41, 5.74) is 5.57. The van der Waals surface area contributed by atoms with E-state index in [1.165, 1.54) is 6.07 Å². The number of fused-ring (bicyclic) bond motifs is 1. The maximum atomic E-state index is 13.1. The highest BCUT2D eigenvalue weighted by Gasteiger charge is 2.63. The van der Waals surface area contributed by atoms with Crippen LogP contribution in [0.1, 0.15) is 0 Å². The number of nitrogen functional groups attached to an aromatic ring is 1. The molecule has 1 aromatic carbocycles. The van der Waals surface area contributed by atoms with Gasteiger partial charge in [-0.3, -0.25) is 0 Å². The molecule has 7 heteroatoms. The van der Waals surface area contributed by atoms with Crippen molar-refractivity contribution in [1.82, 2.24) is 0 Å². The quantitative estimate of drug-likeness (QED) is 0.559. The highest BCUT2D eigenvalue weighted by atomic mass is 35.5. The average Bonchev–Trinajstić information content (AvgIpc) is 2.07. The third-order valence-electron chi connectivity index (χ3n) is 1.78. The van der Waals surface area contributed by atoms with Crippen molar-refractivity contribution in [2.75, 3.05) is 5.73 Å². The Morgan fingerprint density at radius 3 is 2.47 bits per heavy atom. The van der Waals surface area contributed by atoms with Gasteiger partial charge in [-0.25, -0.2) is 0 Å². The molecule has 2 N–H and O–H groups in total. The fourth-order valence-electron chi connectivity index (χ4n) is 1.08. The Morgan fingerprint density at radius 1 is 1.13 bits per heavy atom. The second kappa shape index (κ2) is 2.85. The first kappa shape index (κ1) is 10.2. The van der Waals surface area contributed by atoms with E-state index >= 15 is 0 Å². The number of alkyl halides is 4. The van der Waals surface area contributed by atoms with Crippen LogP contribution < -0.4 is 15.2 Å². The topological polar surface area (TPSA) is 44.5 Å². The summed E-state index contributed by atoms with van der Waals surface area (Å²) in [6, 6.07) is 3.60. The molecule has 1 heterocycles. The molecule has 0 spiro atoms. The van der Waals surface area contributed by atoms with Crippen LogP contribution in [0.2, 0.25) is 0 Å². The predicted octanol–water partition coefficient (Wildman–Crippen LogP) is 2.49. The molecule has 0 saturated heterocycles. The van der Waals surface area contributed by atoms with Gasteiger partial charge in [-0.2, -0.15) is 13.2 Å². The molecule has 1 aliphatic heterocycles. The first-order chi connectivity index (χ1) is 6.82. The van der Waals surface area contributed by atoms with Crippen LogP contribution >= 0.6 is 11.6 Å². The lowest BCUT2D eigenvalue weighted by Crippen LogP contribution is -2.51. The lowest BCUT2D eigenvalue weighted by molar-refractivity contribution is -0.303. The van der Waals surface area contributed by atoms with Gasteiger partial charge in [0.2, 0.25) is 0 Å². The van der Waals surface area contributed by atoms with Crippen LogP contribution in [0.3, 0.4) is 0 Å². The number of benzene rings is 1. The summed E-state index contributed by atoms with van der Waals surface area (Å²) in [6.45, 7) is 0. The van der Waals surface area contributed by atoms with Gasteiger partial charge in [0.15, 0.2) is 11.5 Å². The van der Waals surface area contributed by atoms with Crippen molar-refractivity contribution < 1.29 is 22.6 Å². The molecule has 1 atom stereocenters. The van der Waals surface area contributed by atoms with Gasteiger partial charge < -0.3 is 15.2 Å². The highest BCUT2D eigenvalue weighted by molar-refractivity contribution is 6.22. The van der Waals surface area contributed by atoms with Gasteiger partial charge in [0.25, 0.3) is 0 Å². The monoisotopic (exact) mass is 239 g/mol. The molecule has 1 aliphatic rings. The number of hydrogen-bond donors (Lipinski definition) is 1. The Balaban J connectivity index is 2.47. The summed E-state index contributed by atoms with van der Waals surface area (Å²) in [5.74, 6) is -0.582. The summed E-state index contributed by atoms with van der Waals surface area (Å²) in [7, 11) is 0. The molecule has 0 fully saturated rings. The standard InChI is InChI=1S/C8H5ClF3NO2/c9-7(10)8(11,12)15-5-2-1-4(13)3-6(5)14-7/h1-3H,13H2/t7-/m1/s1. The molecule has 0 aliphatic carbocycles. The third-order valence-corrected chi connectivity index (χ3v) is 2.08. The normalized spacial score (nSPS) is 27.5. The van der Waals surface area contributed by atoms with Gasteiger partial charge in [0, 0.05) is 11.8 Å². The SMILES string of the molecule is Nc1ccc2c(c1)O[C@@](F)(Cl)C(F)(F)O2. The molecule has 0 bridgehead atoms. The second-order valence-electron chi connectivity index (χ2n) is 2.94. The average molecular weight is 240 g/mol. The zero-order chi connectivity index (χ0) is 11.3. The molecule has 2 rings (SSSR count). The van der Waals surface area contributed by atoms with Gasteiger partial charge in [-0.1, -0.05) is 0 Å². The van der Waals surface area contributed by atoms with Gasteiger partial charge >= 0.3 is 11.4 Å². The first-order valence-electron chi connectivity index (χ1n) is 3.85. The molecular weight excluding hydrogens is 235 g/mol. The van der Waals surface area contributed by atoms with Crippen LogP contribution in [0.25, 0.3) is 0 Å². The maximum absolute atomic E-state index is 13.1. The van der Waals surface area contributed by atoms with Gasteiger partial charge in [0.05, 0.1) is 0 Å². The minimum atomic E-state index is -4.25. The van der Waals surface area contributed by atoms with Crippen molar-refractivity contribution in [1.29, 1.82) is 0 Å². The van der Waals surface area contributed by atoms with Crippen molar-refractivity contribution in [3.05, 3.63) is 18.2 Å². The summed E-state index contributed by atoms with van der Waals surface area (Å²) >= 11 is 4.84. The minimum Gasteiger partial charge on any atom is -0.434 e. The Labute approximate surface area is 87.5 Å². The van der Waals surface area contributed by atoms with Crippen LogP contribution in [-0.4, -0.2) is 11.4 Å². The number of halogens is 4. The van der Waals surface area contributed by atoms with Crippen LogP contribution in [0.4, 0.5) is 18.9 Å². The van der Waals surface area contributed by atoms with E-state index in [1.54, 1.807) is 0 Å². The summed E-state index contributed by atoms with van der Waals surface area (Å²) in [4.78, 5) is 0. The zero-order valence-corrected chi connectivity index (χ0v) is 7.89. The summed E-state index contributed by atoms with van der Waals surface area (Å²) < 4.78 is 47.2. The first-order valence-corrected chi connectivity index (χ1v) is 4.23. The van der Waals surface area contributed by atoms with Crippen LogP contribution in [0, 0.1) is 0 Å². The molecule has 0 saturated carbocycles. The van der Waals surface area contributed by atoms with E-state index < -0.39 is 11.4 Å². The van der Waals surface area contributed by atoms with Crippen molar-refractivity contribution in [3.63, 3.8) is 0 Å². The number of hydrogen-bond acceptors (Lipinski definition) is 3. The largest absolute Gasteiger partial charge is 0.488 e. The minimum absolute atomic E-state index is 0.218. The number of ether oxygens (including phenoxy) is 2. The third kappa shape index (κ3) is 1.54. The van der Waals surface area contributed by atoms with Crippen LogP contribution in [0.5, 0.6) is 11.5 Å². The highest BCUT2D eigenvalue weighted by Crippen LogP contribution is 2.48. The van der Waals surface area contributed by atoms with Crippen molar-refractivity contribution in [2.24, 2.45) is 0 Å². The van der Waals surface area contributed by atoms with E-state index in [-0.39, 0.29) is 17.2 Å². The fraction of sp³-hybridized carbons (Fsp3) is 0.250. The van der Waals surface area contributed by atoms with E-state index in [4.69, 9.17) is 17.3 Å². The van der Waals surface area contributed by atoms with E-state index in [1.807, 2.05) is 0 Å². The molecule has 1 aromatic rings.